The van der Waals surface area contributed by atoms with Gasteiger partial charge in [-0.2, -0.15) is 0 Å². The van der Waals surface area contributed by atoms with E-state index in [1.165, 1.54) is 12.1 Å². The van der Waals surface area contributed by atoms with Crippen molar-refractivity contribution >= 4 is 34.2 Å². The number of halogens is 3. The van der Waals surface area contributed by atoms with Crippen LogP contribution in [0.2, 0.25) is 0 Å². The van der Waals surface area contributed by atoms with Crippen LogP contribution in [0.4, 0.5) is 4.39 Å². The zero-order valence-electron chi connectivity index (χ0n) is 9.95. The van der Waals surface area contributed by atoms with E-state index in [0.29, 0.717) is 11.0 Å². The number of hydrogen-bond donors (Lipinski definition) is 1. The summed E-state index contributed by atoms with van der Waals surface area (Å²) in [6.07, 6.45) is 0. The van der Waals surface area contributed by atoms with Gasteiger partial charge in [0, 0.05) is 30.1 Å². The summed E-state index contributed by atoms with van der Waals surface area (Å²) in [5, 5.41) is 3.20. The van der Waals surface area contributed by atoms with Crippen molar-refractivity contribution in [2.75, 3.05) is 19.6 Å². The molecule has 100 valence electrons. The molecular formula is C12H15BrClFN2O. The summed E-state index contributed by atoms with van der Waals surface area (Å²) in [4.78, 5) is 13.9. The van der Waals surface area contributed by atoms with Crippen LogP contribution in [0.3, 0.4) is 0 Å². The molecule has 1 amide bonds. The zero-order chi connectivity index (χ0) is 12.4. The molecule has 6 heteroatoms. The van der Waals surface area contributed by atoms with Gasteiger partial charge in [-0.25, -0.2) is 4.39 Å². The molecule has 1 unspecified atom stereocenters. The maximum absolute atomic E-state index is 13.7. The number of nitrogens with one attached hydrogen (secondary N) is 1. The van der Waals surface area contributed by atoms with E-state index in [9.17, 15) is 9.18 Å². The summed E-state index contributed by atoms with van der Waals surface area (Å²) >= 11 is 3.18. The van der Waals surface area contributed by atoms with E-state index in [1.54, 1.807) is 11.0 Å². The molecule has 3 nitrogen and oxygen atoms in total. The summed E-state index contributed by atoms with van der Waals surface area (Å²) in [6.45, 7) is 4.09. The van der Waals surface area contributed by atoms with Gasteiger partial charge in [-0.3, -0.25) is 4.79 Å². The summed E-state index contributed by atoms with van der Waals surface area (Å²) in [5.41, 5.74) is 0.141. The molecule has 18 heavy (non-hydrogen) atoms. The highest BCUT2D eigenvalue weighted by Crippen LogP contribution is 2.18. The van der Waals surface area contributed by atoms with Gasteiger partial charge in [-0.05, 0) is 25.1 Å². The van der Waals surface area contributed by atoms with Crippen molar-refractivity contribution in [3.63, 3.8) is 0 Å². The largest absolute Gasteiger partial charge is 0.333 e. The molecule has 1 atom stereocenters. The summed E-state index contributed by atoms with van der Waals surface area (Å²) in [7, 11) is 0. The van der Waals surface area contributed by atoms with Crippen molar-refractivity contribution in [3.05, 3.63) is 34.1 Å². The molecule has 0 bridgehead atoms. The molecule has 0 spiro atoms. The fourth-order valence-corrected chi connectivity index (χ4v) is 2.29. The Morgan fingerprint density at radius 3 is 2.89 bits per heavy atom. The van der Waals surface area contributed by atoms with Gasteiger partial charge in [0.05, 0.1) is 5.56 Å². The van der Waals surface area contributed by atoms with Crippen molar-refractivity contribution in [1.82, 2.24) is 10.2 Å². The van der Waals surface area contributed by atoms with Crippen LogP contribution >= 0.6 is 28.3 Å². The second kappa shape index (κ2) is 6.50. The fraction of sp³-hybridized carbons (Fsp3) is 0.417. The molecule has 1 heterocycles. The van der Waals surface area contributed by atoms with Gasteiger partial charge in [-0.15, -0.1) is 12.4 Å². The minimum Gasteiger partial charge on any atom is -0.333 e. The Morgan fingerprint density at radius 1 is 1.56 bits per heavy atom. The molecule has 1 fully saturated rings. The average molecular weight is 338 g/mol. The minimum atomic E-state index is -0.477. The van der Waals surface area contributed by atoms with Crippen molar-refractivity contribution in [3.8, 4) is 0 Å². The third-order valence-electron chi connectivity index (χ3n) is 2.92. The van der Waals surface area contributed by atoms with Crippen LogP contribution in [0.25, 0.3) is 0 Å². The number of nitrogens with zero attached hydrogens (tertiary/aromatic N) is 1. The number of hydrogen-bond acceptors (Lipinski definition) is 2. The van der Waals surface area contributed by atoms with E-state index in [4.69, 9.17) is 0 Å². The van der Waals surface area contributed by atoms with Gasteiger partial charge in [0.2, 0.25) is 0 Å². The molecule has 0 aliphatic carbocycles. The number of piperazine rings is 1. The first-order valence-electron chi connectivity index (χ1n) is 5.56. The maximum Gasteiger partial charge on any atom is 0.257 e. The third-order valence-corrected chi connectivity index (χ3v) is 3.42. The molecule has 1 aromatic carbocycles. The highest BCUT2D eigenvalue weighted by atomic mass is 79.9. The molecular weight excluding hydrogens is 322 g/mol. The Labute approximate surface area is 120 Å². The van der Waals surface area contributed by atoms with Gasteiger partial charge >= 0.3 is 0 Å². The standard InChI is InChI=1S/C12H14BrFN2O.ClH/c1-8-7-15-4-5-16(8)12(17)10-3-2-9(13)6-11(10)14;/h2-3,6,8,15H,4-5,7H2,1H3;1H. The Kier molecular flexibility index (Phi) is 5.56. The van der Waals surface area contributed by atoms with Crippen molar-refractivity contribution in [2.24, 2.45) is 0 Å². The van der Waals surface area contributed by atoms with Crippen LogP contribution in [-0.2, 0) is 0 Å². The summed E-state index contributed by atoms with van der Waals surface area (Å²) in [6, 6.07) is 4.62. The van der Waals surface area contributed by atoms with Gasteiger partial charge in [0.15, 0.2) is 0 Å². The molecule has 1 aliphatic heterocycles. The fourth-order valence-electron chi connectivity index (χ4n) is 1.96. The third kappa shape index (κ3) is 3.22. The first-order valence-corrected chi connectivity index (χ1v) is 6.35. The van der Waals surface area contributed by atoms with E-state index in [0.717, 1.165) is 13.1 Å². The smallest absolute Gasteiger partial charge is 0.257 e. The predicted molar refractivity (Wildman–Crippen MR) is 74.7 cm³/mol. The quantitative estimate of drug-likeness (QED) is 0.854. The number of carbonyl (C=O) groups excluding carboxylic acids is 1. The lowest BCUT2D eigenvalue weighted by atomic mass is 10.1. The Morgan fingerprint density at radius 2 is 2.28 bits per heavy atom. The van der Waals surface area contributed by atoms with Gasteiger partial charge in [0.1, 0.15) is 5.82 Å². The Hall–Kier alpha value is -0.650. The zero-order valence-corrected chi connectivity index (χ0v) is 12.4. The highest BCUT2D eigenvalue weighted by Gasteiger charge is 2.25. The highest BCUT2D eigenvalue weighted by molar-refractivity contribution is 9.10. The lowest BCUT2D eigenvalue weighted by Crippen LogP contribution is -2.52. The normalized spacial score (nSPS) is 19.3. The predicted octanol–water partition coefficient (Wildman–Crippen LogP) is 2.44. The monoisotopic (exact) mass is 336 g/mol. The number of benzene rings is 1. The van der Waals surface area contributed by atoms with Crippen LogP contribution in [0.15, 0.2) is 22.7 Å². The van der Waals surface area contributed by atoms with Crippen LogP contribution in [-0.4, -0.2) is 36.5 Å². The molecule has 0 aromatic heterocycles. The minimum absolute atomic E-state index is 0. The van der Waals surface area contributed by atoms with Crippen molar-refractivity contribution in [1.29, 1.82) is 0 Å². The molecule has 0 radical (unpaired) electrons. The number of rotatable bonds is 1. The maximum atomic E-state index is 13.7. The SMILES string of the molecule is CC1CNCCN1C(=O)c1ccc(Br)cc1F.Cl. The van der Waals surface area contributed by atoms with Crippen LogP contribution in [0.1, 0.15) is 17.3 Å². The van der Waals surface area contributed by atoms with E-state index in [2.05, 4.69) is 21.2 Å². The molecule has 2 rings (SSSR count). The van der Waals surface area contributed by atoms with Crippen molar-refractivity contribution in [2.45, 2.75) is 13.0 Å². The lowest BCUT2D eigenvalue weighted by Gasteiger charge is -2.34. The van der Waals surface area contributed by atoms with Crippen LogP contribution in [0, 0.1) is 5.82 Å². The Bertz CT molecular complexity index is 444. The lowest BCUT2D eigenvalue weighted by molar-refractivity contribution is 0.0651. The molecule has 1 saturated heterocycles. The molecule has 1 N–H and O–H groups in total. The van der Waals surface area contributed by atoms with E-state index in [-0.39, 0.29) is 29.9 Å². The van der Waals surface area contributed by atoms with Gasteiger partial charge in [-0.1, -0.05) is 15.9 Å². The Balaban J connectivity index is 0.00000162. The molecule has 0 saturated carbocycles. The summed E-state index contributed by atoms with van der Waals surface area (Å²) in [5.74, 6) is -0.709. The van der Waals surface area contributed by atoms with Gasteiger partial charge < -0.3 is 10.2 Å². The van der Waals surface area contributed by atoms with Crippen LogP contribution < -0.4 is 5.32 Å². The van der Waals surface area contributed by atoms with Gasteiger partial charge in [0.25, 0.3) is 5.91 Å². The number of amides is 1. The van der Waals surface area contributed by atoms with Crippen molar-refractivity contribution < 1.29 is 9.18 Å². The molecule has 1 aliphatic rings. The van der Waals surface area contributed by atoms with E-state index < -0.39 is 5.82 Å². The first-order chi connectivity index (χ1) is 8.09. The van der Waals surface area contributed by atoms with E-state index in [1.807, 2.05) is 6.92 Å². The second-order valence-electron chi connectivity index (χ2n) is 4.18. The average Bonchev–Trinajstić information content (AvgIpc) is 2.29. The first kappa shape index (κ1) is 15.4. The van der Waals surface area contributed by atoms with Crippen LogP contribution in [0.5, 0.6) is 0 Å². The topological polar surface area (TPSA) is 32.3 Å². The number of carbonyl (C=O) groups is 1. The summed E-state index contributed by atoms with van der Waals surface area (Å²) < 4.78 is 14.3. The second-order valence-corrected chi connectivity index (χ2v) is 5.09. The van der Waals surface area contributed by atoms with E-state index >= 15 is 0 Å². The molecule has 1 aromatic rings.